The average Bonchev–Trinajstić information content (AvgIpc) is 2.47. The number of piperidine rings is 1. The Hall–Kier alpha value is -1.60. The SMILES string of the molecule is COc1ccc(S(=O)(=O)N2CC(C(N)=O)CCC2C)cc1C. The lowest BCUT2D eigenvalue weighted by atomic mass is 9.95. The van der Waals surface area contributed by atoms with E-state index < -0.39 is 21.8 Å². The van der Waals surface area contributed by atoms with Crippen molar-refractivity contribution in [1.29, 1.82) is 0 Å². The van der Waals surface area contributed by atoms with Crippen LogP contribution in [-0.2, 0) is 14.8 Å². The molecule has 0 saturated carbocycles. The Morgan fingerprint density at radius 1 is 1.36 bits per heavy atom. The van der Waals surface area contributed by atoms with Crippen molar-refractivity contribution < 1.29 is 17.9 Å². The molecule has 22 heavy (non-hydrogen) atoms. The van der Waals surface area contributed by atoms with E-state index in [0.717, 1.165) is 5.56 Å². The average molecular weight is 326 g/mol. The molecule has 0 spiro atoms. The Bertz CT molecular complexity index is 672. The molecular weight excluding hydrogens is 304 g/mol. The maximum Gasteiger partial charge on any atom is 0.243 e. The molecule has 0 bridgehead atoms. The van der Waals surface area contributed by atoms with Gasteiger partial charge < -0.3 is 10.5 Å². The van der Waals surface area contributed by atoms with E-state index in [0.29, 0.717) is 18.6 Å². The van der Waals surface area contributed by atoms with Gasteiger partial charge in [-0.1, -0.05) is 0 Å². The number of sulfonamides is 1. The van der Waals surface area contributed by atoms with Crippen molar-refractivity contribution in [1.82, 2.24) is 4.31 Å². The fourth-order valence-corrected chi connectivity index (χ4v) is 4.58. The van der Waals surface area contributed by atoms with Gasteiger partial charge in [-0.2, -0.15) is 4.31 Å². The fourth-order valence-electron chi connectivity index (χ4n) is 2.79. The van der Waals surface area contributed by atoms with Crippen molar-refractivity contribution in [3.63, 3.8) is 0 Å². The summed E-state index contributed by atoms with van der Waals surface area (Å²) in [6, 6.07) is 4.61. The molecule has 2 N–H and O–H groups in total. The zero-order valence-electron chi connectivity index (χ0n) is 13.1. The monoisotopic (exact) mass is 326 g/mol. The number of aryl methyl sites for hydroxylation is 1. The third kappa shape index (κ3) is 3.10. The summed E-state index contributed by atoms with van der Waals surface area (Å²) < 4.78 is 32.2. The summed E-state index contributed by atoms with van der Waals surface area (Å²) in [6.45, 7) is 3.79. The maximum atomic E-state index is 12.9. The smallest absolute Gasteiger partial charge is 0.243 e. The largest absolute Gasteiger partial charge is 0.496 e. The van der Waals surface area contributed by atoms with E-state index in [4.69, 9.17) is 10.5 Å². The highest BCUT2D eigenvalue weighted by Crippen LogP contribution is 2.30. The lowest BCUT2D eigenvalue weighted by molar-refractivity contribution is -0.123. The number of carbonyl (C=O) groups excluding carboxylic acids is 1. The first-order valence-electron chi connectivity index (χ1n) is 7.23. The Labute approximate surface area is 131 Å². The molecule has 1 aromatic rings. The summed E-state index contributed by atoms with van der Waals surface area (Å²) in [6.07, 6.45) is 1.26. The number of rotatable bonds is 4. The molecule has 0 aliphatic carbocycles. The van der Waals surface area contributed by atoms with Gasteiger partial charge in [0, 0.05) is 12.6 Å². The molecule has 2 rings (SSSR count). The maximum absolute atomic E-state index is 12.9. The summed E-state index contributed by atoms with van der Waals surface area (Å²) in [4.78, 5) is 11.6. The molecular formula is C15H22N2O4S. The van der Waals surface area contributed by atoms with Gasteiger partial charge in [0.1, 0.15) is 5.75 Å². The topological polar surface area (TPSA) is 89.7 Å². The van der Waals surface area contributed by atoms with Gasteiger partial charge in [0.05, 0.1) is 17.9 Å². The normalized spacial score (nSPS) is 23.2. The van der Waals surface area contributed by atoms with E-state index >= 15 is 0 Å². The van der Waals surface area contributed by atoms with Crippen LogP contribution in [0.1, 0.15) is 25.3 Å². The molecule has 0 aromatic heterocycles. The standard InChI is InChI=1S/C15H22N2O4S/c1-10-8-13(6-7-14(10)21-3)22(19,20)17-9-12(15(16)18)5-4-11(17)2/h6-8,11-12H,4-5,9H2,1-3H3,(H2,16,18). The first kappa shape index (κ1) is 16.8. The highest BCUT2D eigenvalue weighted by molar-refractivity contribution is 7.89. The molecule has 122 valence electrons. The Kier molecular flexibility index (Phi) is 4.77. The lowest BCUT2D eigenvalue weighted by Crippen LogP contribution is -2.48. The van der Waals surface area contributed by atoms with Crippen LogP contribution in [0.4, 0.5) is 0 Å². The van der Waals surface area contributed by atoms with Gasteiger partial charge in [-0.15, -0.1) is 0 Å². The van der Waals surface area contributed by atoms with E-state index in [2.05, 4.69) is 0 Å². The van der Waals surface area contributed by atoms with Gasteiger partial charge >= 0.3 is 0 Å². The second kappa shape index (κ2) is 6.26. The van der Waals surface area contributed by atoms with Crippen molar-refractivity contribution in [2.75, 3.05) is 13.7 Å². The quantitative estimate of drug-likeness (QED) is 0.902. The van der Waals surface area contributed by atoms with Gasteiger partial charge in [-0.3, -0.25) is 4.79 Å². The summed E-state index contributed by atoms with van der Waals surface area (Å²) in [5, 5.41) is 0. The zero-order valence-corrected chi connectivity index (χ0v) is 13.9. The molecule has 2 atom stereocenters. The highest BCUT2D eigenvalue weighted by atomic mass is 32.2. The third-order valence-corrected chi connectivity index (χ3v) is 6.18. The van der Waals surface area contributed by atoms with Crippen LogP contribution in [0.2, 0.25) is 0 Å². The summed E-state index contributed by atoms with van der Waals surface area (Å²) >= 11 is 0. The number of carbonyl (C=O) groups is 1. The van der Waals surface area contributed by atoms with Crippen molar-refractivity contribution in [3.05, 3.63) is 23.8 Å². The van der Waals surface area contributed by atoms with Gasteiger partial charge in [0.25, 0.3) is 0 Å². The predicted molar refractivity (Wildman–Crippen MR) is 83.0 cm³/mol. The molecule has 0 radical (unpaired) electrons. The van der Waals surface area contributed by atoms with E-state index in [1.54, 1.807) is 26.2 Å². The molecule has 7 heteroatoms. The minimum Gasteiger partial charge on any atom is -0.496 e. The molecule has 1 heterocycles. The molecule has 2 unspecified atom stereocenters. The van der Waals surface area contributed by atoms with Crippen LogP contribution in [-0.4, -0.2) is 38.3 Å². The number of primary amides is 1. The van der Waals surface area contributed by atoms with Gasteiger partial charge in [0.2, 0.25) is 15.9 Å². The number of ether oxygens (including phenoxy) is 1. The van der Waals surface area contributed by atoms with Crippen molar-refractivity contribution in [2.45, 2.75) is 37.6 Å². The van der Waals surface area contributed by atoms with Gasteiger partial charge in [-0.25, -0.2) is 8.42 Å². The molecule has 1 aromatic carbocycles. The van der Waals surface area contributed by atoms with Crippen molar-refractivity contribution >= 4 is 15.9 Å². The summed E-state index contributed by atoms with van der Waals surface area (Å²) in [7, 11) is -2.11. The van der Waals surface area contributed by atoms with Crippen LogP contribution in [0, 0.1) is 12.8 Å². The zero-order chi connectivity index (χ0) is 16.5. The van der Waals surface area contributed by atoms with Crippen LogP contribution < -0.4 is 10.5 Å². The molecule has 1 aliphatic rings. The molecule has 1 amide bonds. The fraction of sp³-hybridized carbons (Fsp3) is 0.533. The minimum absolute atomic E-state index is 0.143. The first-order valence-corrected chi connectivity index (χ1v) is 8.67. The third-order valence-electron chi connectivity index (χ3n) is 4.20. The number of amides is 1. The first-order chi connectivity index (χ1) is 10.3. The lowest BCUT2D eigenvalue weighted by Gasteiger charge is -2.35. The Balaban J connectivity index is 2.36. The van der Waals surface area contributed by atoms with E-state index in [1.807, 2.05) is 6.92 Å². The van der Waals surface area contributed by atoms with E-state index in [1.165, 1.54) is 10.4 Å². The molecule has 1 fully saturated rings. The number of benzene rings is 1. The van der Waals surface area contributed by atoms with Crippen LogP contribution >= 0.6 is 0 Å². The Morgan fingerprint density at radius 3 is 2.59 bits per heavy atom. The Morgan fingerprint density at radius 2 is 2.05 bits per heavy atom. The molecule has 6 nitrogen and oxygen atoms in total. The van der Waals surface area contributed by atoms with Crippen LogP contribution in [0.15, 0.2) is 23.1 Å². The number of methoxy groups -OCH3 is 1. The number of hydrogen-bond donors (Lipinski definition) is 1. The van der Waals surface area contributed by atoms with E-state index in [9.17, 15) is 13.2 Å². The van der Waals surface area contributed by atoms with Crippen molar-refractivity contribution in [2.24, 2.45) is 11.7 Å². The second-order valence-electron chi connectivity index (χ2n) is 5.73. The molecule has 1 aliphatic heterocycles. The second-order valence-corrected chi connectivity index (χ2v) is 7.62. The molecule has 1 saturated heterocycles. The predicted octanol–water partition coefficient (Wildman–Crippen LogP) is 1.28. The number of nitrogens with two attached hydrogens (primary N) is 1. The number of hydrogen-bond acceptors (Lipinski definition) is 4. The van der Waals surface area contributed by atoms with Crippen molar-refractivity contribution in [3.8, 4) is 5.75 Å². The van der Waals surface area contributed by atoms with Gasteiger partial charge in [0.15, 0.2) is 0 Å². The summed E-state index contributed by atoms with van der Waals surface area (Å²) in [5.41, 5.74) is 6.09. The number of nitrogens with zero attached hydrogens (tertiary/aromatic N) is 1. The van der Waals surface area contributed by atoms with Crippen LogP contribution in [0.3, 0.4) is 0 Å². The van der Waals surface area contributed by atoms with Crippen LogP contribution in [0.25, 0.3) is 0 Å². The van der Waals surface area contributed by atoms with Gasteiger partial charge in [-0.05, 0) is 50.5 Å². The van der Waals surface area contributed by atoms with Crippen LogP contribution in [0.5, 0.6) is 5.75 Å². The summed E-state index contributed by atoms with van der Waals surface area (Å²) in [5.74, 6) is -0.232. The minimum atomic E-state index is -3.66. The highest BCUT2D eigenvalue weighted by Gasteiger charge is 2.36. The van der Waals surface area contributed by atoms with E-state index in [-0.39, 0.29) is 17.5 Å².